The molecule has 0 radical (unpaired) electrons. The summed E-state index contributed by atoms with van der Waals surface area (Å²) in [6, 6.07) is 7.34. The van der Waals surface area contributed by atoms with Crippen LogP contribution in [-0.4, -0.2) is 15.5 Å². The van der Waals surface area contributed by atoms with E-state index in [4.69, 9.17) is 0 Å². The van der Waals surface area contributed by atoms with Gasteiger partial charge in [-0.2, -0.15) is 0 Å². The summed E-state index contributed by atoms with van der Waals surface area (Å²) in [6.07, 6.45) is 4.49. The lowest BCUT2D eigenvalue weighted by Gasteiger charge is -2.33. The molecule has 2 heterocycles. The minimum atomic E-state index is -0.243. The first-order chi connectivity index (χ1) is 13.7. The van der Waals surface area contributed by atoms with Gasteiger partial charge in [0.1, 0.15) is 11.4 Å². The molecule has 29 heavy (non-hydrogen) atoms. The zero-order chi connectivity index (χ0) is 20.8. The lowest BCUT2D eigenvalue weighted by molar-refractivity contribution is -0.116. The lowest BCUT2D eigenvalue weighted by atomic mass is 9.72. The van der Waals surface area contributed by atoms with Gasteiger partial charge in [-0.05, 0) is 60.4 Å². The maximum absolute atomic E-state index is 13.1. The zero-order valence-corrected chi connectivity index (χ0v) is 19.2. The maximum atomic E-state index is 13.1. The average molecular weight is 474 g/mol. The Morgan fingerprint density at radius 2 is 2.03 bits per heavy atom. The standard InChI is InChI=1S/C22H24BrN3O2S/c1-22(2,3)13-4-9-16-17(10-13)29-20-19(16)21(28)26(12-24-20)11-18(27)25-15-7-5-14(23)6-8-15/h5-8,12-13H,4,9-11H2,1-3H3,(H,25,27)/t13-/m1/s1. The summed E-state index contributed by atoms with van der Waals surface area (Å²) < 4.78 is 2.36. The number of nitrogens with zero attached hydrogens (tertiary/aromatic N) is 2. The van der Waals surface area contributed by atoms with Crippen LogP contribution in [0.5, 0.6) is 0 Å². The summed E-state index contributed by atoms with van der Waals surface area (Å²) >= 11 is 5.01. The Bertz CT molecular complexity index is 1130. The predicted molar refractivity (Wildman–Crippen MR) is 122 cm³/mol. The molecule has 1 amide bonds. The van der Waals surface area contributed by atoms with Crippen molar-refractivity contribution in [2.75, 3.05) is 5.32 Å². The van der Waals surface area contributed by atoms with Crippen molar-refractivity contribution < 1.29 is 4.79 Å². The van der Waals surface area contributed by atoms with E-state index >= 15 is 0 Å². The molecular formula is C22H24BrN3O2S. The number of nitrogens with one attached hydrogen (secondary N) is 1. The number of aromatic nitrogens is 2. The fourth-order valence-corrected chi connectivity index (χ4v) is 5.46. The van der Waals surface area contributed by atoms with Crippen LogP contribution < -0.4 is 10.9 Å². The Kier molecular flexibility index (Phi) is 5.38. The highest BCUT2D eigenvalue weighted by molar-refractivity contribution is 9.10. The molecule has 1 aromatic carbocycles. The molecule has 0 spiro atoms. The summed E-state index contributed by atoms with van der Waals surface area (Å²) in [5.41, 5.74) is 1.98. The van der Waals surface area contributed by atoms with Gasteiger partial charge in [-0.3, -0.25) is 14.2 Å². The highest BCUT2D eigenvalue weighted by Crippen LogP contribution is 2.41. The molecule has 1 aliphatic rings. The van der Waals surface area contributed by atoms with E-state index < -0.39 is 0 Å². The van der Waals surface area contributed by atoms with Crippen molar-refractivity contribution in [2.24, 2.45) is 11.3 Å². The van der Waals surface area contributed by atoms with Crippen molar-refractivity contribution in [1.29, 1.82) is 0 Å². The van der Waals surface area contributed by atoms with Crippen LogP contribution in [-0.2, 0) is 24.2 Å². The van der Waals surface area contributed by atoms with Crippen LogP contribution in [0.15, 0.2) is 39.9 Å². The van der Waals surface area contributed by atoms with Crippen LogP contribution in [0.25, 0.3) is 10.2 Å². The fraction of sp³-hybridized carbons (Fsp3) is 0.409. The van der Waals surface area contributed by atoms with Gasteiger partial charge in [0.15, 0.2) is 0 Å². The minimum absolute atomic E-state index is 0.0485. The molecular weight excluding hydrogens is 450 g/mol. The number of amides is 1. The molecule has 1 aliphatic carbocycles. The number of thiophene rings is 1. The number of fused-ring (bicyclic) bond motifs is 3. The number of carbonyl (C=O) groups is 1. The minimum Gasteiger partial charge on any atom is -0.325 e. The van der Waals surface area contributed by atoms with Gasteiger partial charge in [0, 0.05) is 15.0 Å². The molecule has 5 nitrogen and oxygen atoms in total. The van der Waals surface area contributed by atoms with Crippen molar-refractivity contribution in [3.05, 3.63) is 55.9 Å². The Morgan fingerprint density at radius 1 is 1.31 bits per heavy atom. The van der Waals surface area contributed by atoms with Crippen LogP contribution in [0.2, 0.25) is 0 Å². The average Bonchev–Trinajstić information content (AvgIpc) is 3.03. The Hall–Kier alpha value is -1.99. The maximum Gasteiger partial charge on any atom is 0.262 e. The van der Waals surface area contributed by atoms with Crippen LogP contribution in [0.1, 0.15) is 37.6 Å². The van der Waals surface area contributed by atoms with Crippen molar-refractivity contribution in [3.63, 3.8) is 0 Å². The summed E-state index contributed by atoms with van der Waals surface area (Å²) in [4.78, 5) is 32.1. The molecule has 0 saturated carbocycles. The molecule has 4 rings (SSSR count). The van der Waals surface area contributed by atoms with E-state index in [1.54, 1.807) is 11.3 Å². The lowest BCUT2D eigenvalue weighted by Crippen LogP contribution is -2.29. The highest BCUT2D eigenvalue weighted by atomic mass is 79.9. The molecule has 1 N–H and O–H groups in total. The largest absolute Gasteiger partial charge is 0.325 e. The molecule has 152 valence electrons. The first kappa shape index (κ1) is 20.3. The molecule has 0 saturated heterocycles. The summed E-state index contributed by atoms with van der Waals surface area (Å²) in [5, 5.41) is 3.53. The van der Waals surface area contributed by atoms with Gasteiger partial charge < -0.3 is 5.32 Å². The van der Waals surface area contributed by atoms with Gasteiger partial charge >= 0.3 is 0 Å². The quantitative estimate of drug-likeness (QED) is 0.581. The van der Waals surface area contributed by atoms with E-state index in [-0.39, 0.29) is 23.4 Å². The Balaban J connectivity index is 1.59. The second kappa shape index (κ2) is 7.69. The van der Waals surface area contributed by atoms with E-state index in [1.807, 2.05) is 24.3 Å². The number of hydrogen-bond acceptors (Lipinski definition) is 4. The number of rotatable bonds is 3. The first-order valence-electron chi connectivity index (χ1n) is 9.77. The second-order valence-corrected chi connectivity index (χ2v) is 10.7. The smallest absolute Gasteiger partial charge is 0.262 e. The number of benzene rings is 1. The molecule has 2 aromatic heterocycles. The molecule has 0 unspecified atom stereocenters. The van der Waals surface area contributed by atoms with Gasteiger partial charge in [-0.1, -0.05) is 36.7 Å². The first-order valence-corrected chi connectivity index (χ1v) is 11.4. The van der Waals surface area contributed by atoms with E-state index in [2.05, 4.69) is 47.0 Å². The van der Waals surface area contributed by atoms with E-state index in [9.17, 15) is 9.59 Å². The van der Waals surface area contributed by atoms with E-state index in [0.29, 0.717) is 17.0 Å². The fourth-order valence-electron chi connectivity index (χ4n) is 3.94. The van der Waals surface area contributed by atoms with Gasteiger partial charge in [0.2, 0.25) is 5.91 Å². The van der Waals surface area contributed by atoms with Crippen LogP contribution >= 0.6 is 27.3 Å². The van der Waals surface area contributed by atoms with Gasteiger partial charge in [0.25, 0.3) is 5.56 Å². The van der Waals surface area contributed by atoms with Crippen LogP contribution in [0, 0.1) is 11.3 Å². The highest BCUT2D eigenvalue weighted by Gasteiger charge is 2.31. The molecule has 1 atom stereocenters. The van der Waals surface area contributed by atoms with Crippen molar-refractivity contribution in [1.82, 2.24) is 9.55 Å². The number of carbonyl (C=O) groups excluding carboxylic acids is 1. The summed E-state index contributed by atoms with van der Waals surface area (Å²) in [7, 11) is 0. The summed E-state index contributed by atoms with van der Waals surface area (Å²) in [5.74, 6) is 0.370. The van der Waals surface area contributed by atoms with Crippen LogP contribution in [0.4, 0.5) is 5.69 Å². The zero-order valence-electron chi connectivity index (χ0n) is 16.8. The molecule has 7 heteroatoms. The number of anilines is 1. The van der Waals surface area contributed by atoms with Gasteiger partial charge in [-0.25, -0.2) is 4.98 Å². The monoisotopic (exact) mass is 473 g/mol. The molecule has 0 fully saturated rings. The van der Waals surface area contributed by atoms with E-state index in [0.717, 1.165) is 34.1 Å². The normalized spacial score (nSPS) is 16.6. The Morgan fingerprint density at radius 3 is 2.72 bits per heavy atom. The van der Waals surface area contributed by atoms with Crippen LogP contribution in [0.3, 0.4) is 0 Å². The number of halogens is 1. The number of aryl methyl sites for hydroxylation is 1. The molecule has 0 aliphatic heterocycles. The Labute approximate surface area is 182 Å². The third-order valence-corrected chi connectivity index (χ3v) is 7.39. The second-order valence-electron chi connectivity index (χ2n) is 8.72. The van der Waals surface area contributed by atoms with Gasteiger partial charge in [0.05, 0.1) is 11.7 Å². The van der Waals surface area contributed by atoms with E-state index in [1.165, 1.54) is 15.8 Å². The predicted octanol–water partition coefficient (Wildman–Crippen LogP) is 5.01. The number of hydrogen-bond donors (Lipinski definition) is 1. The molecule has 0 bridgehead atoms. The third-order valence-electron chi connectivity index (χ3n) is 5.70. The van der Waals surface area contributed by atoms with Crippen molar-refractivity contribution >= 4 is 49.1 Å². The SMILES string of the molecule is CC(C)(C)[C@@H]1CCc2c(sc3ncn(CC(=O)Nc4ccc(Br)cc4)c(=O)c23)C1. The third kappa shape index (κ3) is 4.16. The summed E-state index contributed by atoms with van der Waals surface area (Å²) in [6.45, 7) is 6.80. The topological polar surface area (TPSA) is 64.0 Å². The van der Waals surface area contributed by atoms with Gasteiger partial charge in [-0.15, -0.1) is 11.3 Å². The van der Waals surface area contributed by atoms with Crippen molar-refractivity contribution in [2.45, 2.75) is 46.6 Å². The molecule has 3 aromatic rings. The van der Waals surface area contributed by atoms with Crippen molar-refractivity contribution in [3.8, 4) is 0 Å².